The molecule has 0 saturated carbocycles. The van der Waals surface area contributed by atoms with Gasteiger partial charge in [0.25, 0.3) is 11.8 Å². The van der Waals surface area contributed by atoms with Gasteiger partial charge in [0.05, 0.1) is 25.9 Å². The van der Waals surface area contributed by atoms with Crippen LogP contribution in [0.2, 0.25) is 0 Å². The summed E-state index contributed by atoms with van der Waals surface area (Å²) in [5.74, 6) is -8.52. The van der Waals surface area contributed by atoms with Crippen LogP contribution in [0.15, 0.2) is 0 Å². The average molecular weight is 897 g/mol. The van der Waals surface area contributed by atoms with Crippen LogP contribution in [-0.4, -0.2) is 200 Å². The van der Waals surface area contributed by atoms with E-state index in [1.54, 1.807) is 13.8 Å². The van der Waals surface area contributed by atoms with Crippen LogP contribution in [0.25, 0.3) is 0 Å². The summed E-state index contributed by atoms with van der Waals surface area (Å²) in [5.41, 5.74) is 10.5. The quantitative estimate of drug-likeness (QED) is 0.0477. The largest absolute Gasteiger partial charge is 0.394 e. The fourth-order valence-corrected chi connectivity index (χ4v) is 8.00. The number of amides is 10. The van der Waals surface area contributed by atoms with Gasteiger partial charge in [-0.2, -0.15) is 0 Å². The van der Waals surface area contributed by atoms with Crippen molar-refractivity contribution < 1.29 is 73.1 Å². The number of nitrogens with one attached hydrogen (secondary N) is 5. The Morgan fingerprint density at radius 1 is 0.571 bits per heavy atom. The first kappa shape index (κ1) is 50.1. The van der Waals surface area contributed by atoms with Gasteiger partial charge >= 0.3 is 0 Å². The highest BCUT2D eigenvalue weighted by Gasteiger charge is 2.52. The van der Waals surface area contributed by atoms with Crippen molar-refractivity contribution in [3.8, 4) is 0 Å². The predicted octanol–water partition coefficient (Wildman–Crippen LogP) is -7.47. The molecule has 0 spiro atoms. The number of ether oxygens (including phenoxy) is 1. The van der Waals surface area contributed by atoms with Crippen LogP contribution in [0.5, 0.6) is 0 Å². The van der Waals surface area contributed by atoms with E-state index in [0.717, 1.165) is 4.90 Å². The number of hydrogen-bond donors (Lipinski definition) is 11. The van der Waals surface area contributed by atoms with Gasteiger partial charge in [0, 0.05) is 19.6 Å². The number of aliphatic hydroxyl groups is 4. The highest BCUT2D eigenvalue weighted by Crippen LogP contribution is 2.27. The monoisotopic (exact) mass is 896 g/mol. The Balaban J connectivity index is 1.33. The molecule has 4 aliphatic rings. The smallest absolute Gasteiger partial charge is 0.253 e. The van der Waals surface area contributed by atoms with Crippen LogP contribution in [0.1, 0.15) is 65.7 Å². The molecule has 63 heavy (non-hydrogen) atoms. The van der Waals surface area contributed by atoms with E-state index in [-0.39, 0.29) is 51.2 Å². The van der Waals surface area contributed by atoms with Gasteiger partial charge in [-0.15, -0.1) is 0 Å². The molecule has 0 aromatic heterocycles. The number of primary amides is 2. The van der Waals surface area contributed by atoms with E-state index >= 15 is 0 Å². The van der Waals surface area contributed by atoms with Crippen LogP contribution in [0.4, 0.5) is 0 Å². The number of likely N-dealkylation sites (tertiary alicyclic amines) is 3. The molecule has 0 aliphatic carbocycles. The van der Waals surface area contributed by atoms with Crippen molar-refractivity contribution >= 4 is 59.1 Å². The van der Waals surface area contributed by atoms with Crippen molar-refractivity contribution in [1.29, 1.82) is 0 Å². The third-order valence-electron chi connectivity index (χ3n) is 11.4. The van der Waals surface area contributed by atoms with Crippen molar-refractivity contribution in [2.75, 3.05) is 39.5 Å². The van der Waals surface area contributed by atoms with Crippen LogP contribution < -0.4 is 38.1 Å². The van der Waals surface area contributed by atoms with Crippen molar-refractivity contribution in [3.05, 3.63) is 0 Å². The lowest BCUT2D eigenvalue weighted by molar-refractivity contribution is -0.148. The van der Waals surface area contributed by atoms with Gasteiger partial charge in [-0.25, -0.2) is 0 Å². The second-order valence-electron chi connectivity index (χ2n) is 16.5. The zero-order chi connectivity index (χ0) is 46.9. The van der Waals surface area contributed by atoms with E-state index in [0.29, 0.717) is 19.3 Å². The van der Waals surface area contributed by atoms with E-state index in [1.165, 1.54) is 16.7 Å². The first-order valence-electron chi connectivity index (χ1n) is 20.9. The molecule has 25 heteroatoms. The first-order valence-corrected chi connectivity index (χ1v) is 20.9. The van der Waals surface area contributed by atoms with Gasteiger partial charge in [-0.05, 0) is 57.8 Å². The maximum Gasteiger partial charge on any atom is 0.253 e. The van der Waals surface area contributed by atoms with Gasteiger partial charge in [0.2, 0.25) is 47.3 Å². The molecule has 352 valence electrons. The fourth-order valence-electron chi connectivity index (χ4n) is 8.00. The van der Waals surface area contributed by atoms with Crippen molar-refractivity contribution in [2.24, 2.45) is 17.4 Å². The molecule has 11 atom stereocenters. The highest BCUT2D eigenvalue weighted by molar-refractivity contribution is 6.00. The number of carbonyl (C=O) groups excluding carboxylic acids is 10. The van der Waals surface area contributed by atoms with Gasteiger partial charge in [-0.1, -0.05) is 13.8 Å². The minimum Gasteiger partial charge on any atom is -0.394 e. The van der Waals surface area contributed by atoms with Crippen LogP contribution in [-0.2, 0) is 52.7 Å². The van der Waals surface area contributed by atoms with E-state index in [4.69, 9.17) is 16.2 Å². The minimum absolute atomic E-state index is 0.0577. The molecule has 4 rings (SSSR count). The molecule has 0 unspecified atom stereocenters. The summed E-state index contributed by atoms with van der Waals surface area (Å²) in [6.07, 6.45) is -2.15. The van der Waals surface area contributed by atoms with Crippen LogP contribution in [0, 0.1) is 5.92 Å². The lowest BCUT2D eigenvalue weighted by atomic mass is 10.0. The topological polar surface area (TPSA) is 386 Å². The molecule has 4 fully saturated rings. The summed E-state index contributed by atoms with van der Waals surface area (Å²) in [5, 5.41) is 51.2. The normalized spacial score (nSPS) is 24.6. The number of epoxide rings is 1. The number of nitrogens with zero attached hydrogens (tertiary/aromatic N) is 3. The van der Waals surface area contributed by atoms with Gasteiger partial charge in [0.15, 0.2) is 12.2 Å². The minimum atomic E-state index is -1.70. The Morgan fingerprint density at radius 2 is 1.02 bits per heavy atom. The zero-order valence-electron chi connectivity index (χ0n) is 35.4. The summed E-state index contributed by atoms with van der Waals surface area (Å²) in [7, 11) is 0. The molecule has 13 N–H and O–H groups in total. The third-order valence-corrected chi connectivity index (χ3v) is 11.4. The number of aliphatic hydroxyl groups excluding tert-OH is 4. The maximum atomic E-state index is 13.8. The molecule has 4 saturated heterocycles. The summed E-state index contributed by atoms with van der Waals surface area (Å²) in [4.78, 5) is 134. The van der Waals surface area contributed by atoms with E-state index in [2.05, 4.69) is 26.6 Å². The summed E-state index contributed by atoms with van der Waals surface area (Å²) in [6.45, 7) is 2.53. The summed E-state index contributed by atoms with van der Waals surface area (Å²) < 4.78 is 5.28. The first-order chi connectivity index (χ1) is 29.7. The lowest BCUT2D eigenvalue weighted by Crippen LogP contribution is -2.60. The van der Waals surface area contributed by atoms with Gasteiger partial charge in [-0.3, -0.25) is 47.9 Å². The van der Waals surface area contributed by atoms with Crippen molar-refractivity contribution in [2.45, 2.75) is 132 Å². The summed E-state index contributed by atoms with van der Waals surface area (Å²) in [6, 6.07) is -10.4. The molecule has 4 aliphatic heterocycles. The predicted molar refractivity (Wildman–Crippen MR) is 213 cm³/mol. The second-order valence-corrected chi connectivity index (χ2v) is 16.5. The molecule has 10 amide bonds. The number of rotatable bonds is 21. The Bertz CT molecular complexity index is 1770. The Morgan fingerprint density at radius 3 is 1.51 bits per heavy atom. The molecule has 0 aromatic carbocycles. The molecule has 25 nitrogen and oxygen atoms in total. The lowest BCUT2D eigenvalue weighted by Gasteiger charge is -2.33. The number of nitrogens with two attached hydrogens (primary N) is 2. The maximum absolute atomic E-state index is 13.8. The molecule has 0 aromatic rings. The summed E-state index contributed by atoms with van der Waals surface area (Å²) >= 11 is 0. The molecule has 0 radical (unpaired) electrons. The average Bonchev–Trinajstić information content (AvgIpc) is 3.57. The molecular weight excluding hydrogens is 836 g/mol. The molecule has 4 heterocycles. The van der Waals surface area contributed by atoms with Gasteiger partial charge < -0.3 is 77.9 Å². The fraction of sp³-hybridized carbons (Fsp3) is 0.737. The van der Waals surface area contributed by atoms with E-state index in [1.807, 2.05) is 0 Å². The molecule has 0 bridgehead atoms. The third kappa shape index (κ3) is 12.4. The Labute approximate surface area is 362 Å². The Kier molecular flexibility index (Phi) is 17.7. The standard InChI is InChI=1S/C38H60N10O15/c1-17(2)13-19(36(60)46-10-4-8-24(46)33(57)45-26(18(3)52)30(40)54)41-34(58)27-28(63-27)35(59)43-21(15-50)31(55)44-22(16-51)37(61)48-12-6-9-25(48)38(62)47-11-5-7-23(47)32(56)42-20(14-49)29(39)53/h17-28,49-52H,4-16H2,1-3H3,(H2,39,53)(H2,40,54)(H,41,58)(H,42,56)(H,43,59)(H,44,55)(H,45,57)/t18-,19+,20+,21+,22+,23+,24+,25+,26+,27+,28+/m1/s1. The number of carbonyl (C=O) groups is 10. The second kappa shape index (κ2) is 22.2. The highest BCUT2D eigenvalue weighted by atomic mass is 16.6. The van der Waals surface area contributed by atoms with Crippen molar-refractivity contribution in [1.82, 2.24) is 41.3 Å². The van der Waals surface area contributed by atoms with Crippen molar-refractivity contribution in [3.63, 3.8) is 0 Å². The zero-order valence-corrected chi connectivity index (χ0v) is 35.4. The van der Waals surface area contributed by atoms with Crippen LogP contribution >= 0.6 is 0 Å². The Hall–Kier alpha value is -5.50. The van der Waals surface area contributed by atoms with Gasteiger partial charge in [0.1, 0.15) is 48.3 Å². The number of hydrogen-bond acceptors (Lipinski definition) is 15. The molecular formula is C38H60N10O15. The van der Waals surface area contributed by atoms with E-state index in [9.17, 15) is 68.4 Å². The SMILES string of the molecule is CC(C)C[C@H](NC(=O)[C@H]1O[C@@H]1C(=O)N[C@@H](CO)C(=O)N[C@@H](CO)C(=O)N1CCC[C@H]1C(=O)N1CCC[C@H]1C(=O)N[C@@H](CO)C(N)=O)C(=O)N1CCC[C@H]1C(=O)N[C@H](C(N)=O)[C@@H](C)O. The van der Waals surface area contributed by atoms with E-state index < -0.39 is 146 Å². The van der Waals surface area contributed by atoms with Crippen LogP contribution in [0.3, 0.4) is 0 Å².